The van der Waals surface area contributed by atoms with Gasteiger partial charge in [0.1, 0.15) is 10.0 Å². The minimum Gasteiger partial charge on any atom is -0.396 e. The third-order valence-electron chi connectivity index (χ3n) is 2.54. The maximum absolute atomic E-state index is 11.9. The van der Waals surface area contributed by atoms with Crippen LogP contribution in [0.2, 0.25) is 5.15 Å². The van der Waals surface area contributed by atoms with Crippen molar-refractivity contribution in [1.82, 2.24) is 9.71 Å². The number of nitrogens with one attached hydrogen (secondary N) is 1. The molecule has 5 nitrogen and oxygen atoms in total. The Labute approximate surface area is 112 Å². The van der Waals surface area contributed by atoms with Crippen LogP contribution < -0.4 is 4.72 Å². The van der Waals surface area contributed by atoms with Gasteiger partial charge in [0.25, 0.3) is 0 Å². The standard InChI is InChI=1S/C11H17ClN2O3S/c1-8(3-4-15)6-14-18(16,17)10-5-9(2)11(12)13-7-10/h5,7-8,14-15H,3-4,6H2,1-2H3. The molecule has 0 bridgehead atoms. The Morgan fingerprint density at radius 3 is 2.78 bits per heavy atom. The third-order valence-corrected chi connectivity index (χ3v) is 4.33. The lowest BCUT2D eigenvalue weighted by atomic mass is 10.1. The molecule has 0 radical (unpaired) electrons. The van der Waals surface area contributed by atoms with Crippen LogP contribution in [0.4, 0.5) is 0 Å². The van der Waals surface area contributed by atoms with Crippen LogP contribution in [-0.4, -0.2) is 31.7 Å². The van der Waals surface area contributed by atoms with Crippen molar-refractivity contribution in [3.05, 3.63) is 23.0 Å². The highest BCUT2D eigenvalue weighted by Crippen LogP contribution is 2.16. The number of nitrogens with zero attached hydrogens (tertiary/aromatic N) is 1. The van der Waals surface area contributed by atoms with Gasteiger partial charge in [0.15, 0.2) is 0 Å². The first-order chi connectivity index (χ1) is 8.36. The lowest BCUT2D eigenvalue weighted by Crippen LogP contribution is -2.29. The summed E-state index contributed by atoms with van der Waals surface area (Å²) in [4.78, 5) is 3.91. The van der Waals surface area contributed by atoms with E-state index in [1.807, 2.05) is 6.92 Å². The summed E-state index contributed by atoms with van der Waals surface area (Å²) in [5.74, 6) is 0.0751. The maximum Gasteiger partial charge on any atom is 0.242 e. The Hall–Kier alpha value is -0.690. The molecule has 7 heteroatoms. The third kappa shape index (κ3) is 4.20. The normalized spacial score (nSPS) is 13.6. The van der Waals surface area contributed by atoms with Crippen molar-refractivity contribution in [3.63, 3.8) is 0 Å². The van der Waals surface area contributed by atoms with Crippen molar-refractivity contribution >= 4 is 21.6 Å². The summed E-state index contributed by atoms with van der Waals surface area (Å²) in [6.45, 7) is 3.89. The summed E-state index contributed by atoms with van der Waals surface area (Å²) in [5, 5.41) is 9.04. The zero-order valence-corrected chi connectivity index (χ0v) is 11.9. The van der Waals surface area contributed by atoms with Gasteiger partial charge in [0.05, 0.1) is 0 Å². The van der Waals surface area contributed by atoms with E-state index < -0.39 is 10.0 Å². The zero-order chi connectivity index (χ0) is 13.8. The molecular formula is C11H17ClN2O3S. The van der Waals surface area contributed by atoms with Gasteiger partial charge >= 0.3 is 0 Å². The van der Waals surface area contributed by atoms with Crippen molar-refractivity contribution in [2.45, 2.75) is 25.2 Å². The van der Waals surface area contributed by atoms with Gasteiger partial charge in [0, 0.05) is 19.3 Å². The quantitative estimate of drug-likeness (QED) is 0.776. The van der Waals surface area contributed by atoms with E-state index in [4.69, 9.17) is 16.7 Å². The maximum atomic E-state index is 11.9. The highest BCUT2D eigenvalue weighted by molar-refractivity contribution is 7.89. The Balaban J connectivity index is 2.77. The number of aryl methyl sites for hydroxylation is 1. The van der Waals surface area contributed by atoms with Crippen molar-refractivity contribution in [2.24, 2.45) is 5.92 Å². The minimum absolute atomic E-state index is 0.0461. The fourth-order valence-corrected chi connectivity index (χ4v) is 2.63. The Kier molecular flexibility index (Phi) is 5.52. The van der Waals surface area contributed by atoms with Gasteiger partial charge in [0.2, 0.25) is 10.0 Å². The molecule has 0 aliphatic rings. The van der Waals surface area contributed by atoms with Gasteiger partial charge in [-0.3, -0.25) is 0 Å². The molecule has 18 heavy (non-hydrogen) atoms. The second-order valence-electron chi connectivity index (χ2n) is 4.25. The molecule has 1 atom stereocenters. The lowest BCUT2D eigenvalue weighted by molar-refractivity contribution is 0.263. The second kappa shape index (κ2) is 6.47. The molecule has 0 fully saturated rings. The average Bonchev–Trinajstić information content (AvgIpc) is 2.30. The first-order valence-corrected chi connectivity index (χ1v) is 7.45. The van der Waals surface area contributed by atoms with Crippen LogP contribution in [-0.2, 0) is 10.0 Å². The molecule has 1 heterocycles. The van der Waals surface area contributed by atoms with E-state index in [1.165, 1.54) is 12.3 Å². The van der Waals surface area contributed by atoms with Crippen LogP contribution >= 0.6 is 11.6 Å². The van der Waals surface area contributed by atoms with Gasteiger partial charge in [-0.05, 0) is 30.9 Å². The van der Waals surface area contributed by atoms with Gasteiger partial charge in [-0.15, -0.1) is 0 Å². The number of aliphatic hydroxyl groups is 1. The Morgan fingerprint density at radius 1 is 1.56 bits per heavy atom. The molecule has 1 aromatic heterocycles. The predicted molar refractivity (Wildman–Crippen MR) is 70.0 cm³/mol. The zero-order valence-electron chi connectivity index (χ0n) is 10.4. The van der Waals surface area contributed by atoms with Crippen LogP contribution in [0.3, 0.4) is 0 Å². The molecule has 102 valence electrons. The highest BCUT2D eigenvalue weighted by atomic mass is 35.5. The van der Waals surface area contributed by atoms with Gasteiger partial charge < -0.3 is 5.11 Å². The van der Waals surface area contributed by atoms with Crippen LogP contribution in [0, 0.1) is 12.8 Å². The van der Waals surface area contributed by atoms with Crippen LogP contribution in [0.15, 0.2) is 17.2 Å². The molecule has 0 amide bonds. The largest absolute Gasteiger partial charge is 0.396 e. The van der Waals surface area contributed by atoms with Gasteiger partial charge in [-0.1, -0.05) is 18.5 Å². The molecule has 0 saturated carbocycles. The van der Waals surface area contributed by atoms with E-state index in [1.54, 1.807) is 6.92 Å². The number of aliphatic hydroxyl groups excluding tert-OH is 1. The summed E-state index contributed by atoms with van der Waals surface area (Å²) in [7, 11) is -3.57. The molecule has 1 rings (SSSR count). The van der Waals surface area contributed by atoms with Crippen LogP contribution in [0.1, 0.15) is 18.9 Å². The lowest BCUT2D eigenvalue weighted by Gasteiger charge is -2.12. The van der Waals surface area contributed by atoms with E-state index in [0.29, 0.717) is 17.1 Å². The smallest absolute Gasteiger partial charge is 0.242 e. The minimum atomic E-state index is -3.57. The molecule has 2 N–H and O–H groups in total. The fraction of sp³-hybridized carbons (Fsp3) is 0.545. The molecule has 0 aliphatic carbocycles. The summed E-state index contributed by atoms with van der Waals surface area (Å²) in [6, 6.07) is 1.48. The van der Waals surface area contributed by atoms with Gasteiger partial charge in [-0.25, -0.2) is 18.1 Å². The first kappa shape index (κ1) is 15.4. The van der Waals surface area contributed by atoms with Crippen LogP contribution in [0.5, 0.6) is 0 Å². The molecule has 1 aromatic rings. The van der Waals surface area contributed by atoms with E-state index in [0.717, 1.165) is 0 Å². The van der Waals surface area contributed by atoms with Crippen molar-refractivity contribution in [2.75, 3.05) is 13.2 Å². The van der Waals surface area contributed by atoms with Crippen molar-refractivity contribution < 1.29 is 13.5 Å². The first-order valence-electron chi connectivity index (χ1n) is 5.59. The topological polar surface area (TPSA) is 79.3 Å². The van der Waals surface area contributed by atoms with E-state index in [2.05, 4.69) is 9.71 Å². The molecular weight excluding hydrogens is 276 g/mol. The van der Waals surface area contributed by atoms with Gasteiger partial charge in [-0.2, -0.15) is 0 Å². The van der Waals surface area contributed by atoms with Crippen LogP contribution in [0.25, 0.3) is 0 Å². The number of hydrogen-bond acceptors (Lipinski definition) is 4. The Bertz CT molecular complexity index is 505. The molecule has 0 spiro atoms. The fourth-order valence-electron chi connectivity index (χ4n) is 1.34. The highest BCUT2D eigenvalue weighted by Gasteiger charge is 2.16. The van der Waals surface area contributed by atoms with E-state index >= 15 is 0 Å². The monoisotopic (exact) mass is 292 g/mol. The number of halogens is 1. The number of hydrogen-bond donors (Lipinski definition) is 2. The van der Waals surface area contributed by atoms with E-state index in [-0.39, 0.29) is 24.0 Å². The summed E-state index contributed by atoms with van der Waals surface area (Å²) >= 11 is 5.75. The molecule has 0 saturated heterocycles. The number of aromatic nitrogens is 1. The summed E-state index contributed by atoms with van der Waals surface area (Å²) in [6.07, 6.45) is 1.79. The number of pyridine rings is 1. The summed E-state index contributed by atoms with van der Waals surface area (Å²) < 4.78 is 26.4. The average molecular weight is 293 g/mol. The number of sulfonamides is 1. The SMILES string of the molecule is Cc1cc(S(=O)(=O)NCC(C)CCO)cnc1Cl. The number of rotatable bonds is 6. The van der Waals surface area contributed by atoms with Crippen molar-refractivity contribution in [1.29, 1.82) is 0 Å². The molecule has 0 aromatic carbocycles. The molecule has 1 unspecified atom stereocenters. The molecule has 0 aliphatic heterocycles. The Morgan fingerprint density at radius 2 is 2.22 bits per heavy atom. The van der Waals surface area contributed by atoms with E-state index in [9.17, 15) is 8.42 Å². The van der Waals surface area contributed by atoms with Crippen molar-refractivity contribution in [3.8, 4) is 0 Å². The predicted octanol–water partition coefficient (Wildman–Crippen LogP) is 1.34. The summed E-state index contributed by atoms with van der Waals surface area (Å²) in [5.41, 5.74) is 0.614. The second-order valence-corrected chi connectivity index (χ2v) is 6.37.